The van der Waals surface area contributed by atoms with E-state index in [0.29, 0.717) is 11.9 Å². The maximum atomic E-state index is 13.0. The molecule has 2 saturated heterocycles. The summed E-state index contributed by atoms with van der Waals surface area (Å²) in [6.45, 7) is 10.1. The molecule has 0 aliphatic carbocycles. The van der Waals surface area contributed by atoms with Crippen LogP contribution in [0.15, 0.2) is 29.6 Å². The van der Waals surface area contributed by atoms with Gasteiger partial charge in [-0.2, -0.15) is 0 Å². The summed E-state index contributed by atoms with van der Waals surface area (Å²) in [6, 6.07) is 8.83. The van der Waals surface area contributed by atoms with Crippen molar-refractivity contribution in [2.45, 2.75) is 45.6 Å². The van der Waals surface area contributed by atoms with Gasteiger partial charge < -0.3 is 9.80 Å². The van der Waals surface area contributed by atoms with Gasteiger partial charge in [-0.05, 0) is 49.8 Å². The van der Waals surface area contributed by atoms with Crippen molar-refractivity contribution in [1.29, 1.82) is 0 Å². The van der Waals surface area contributed by atoms with Gasteiger partial charge in [0, 0.05) is 51.2 Å². The van der Waals surface area contributed by atoms with E-state index in [1.54, 1.807) is 11.3 Å². The van der Waals surface area contributed by atoms with E-state index in [1.165, 1.54) is 12.8 Å². The first-order valence-electron chi connectivity index (χ1n) is 11.3. The molecule has 0 aromatic carbocycles. The lowest BCUT2D eigenvalue weighted by molar-refractivity contribution is -0.138. The van der Waals surface area contributed by atoms with Crippen LogP contribution in [0.5, 0.6) is 0 Å². The van der Waals surface area contributed by atoms with E-state index in [-0.39, 0.29) is 5.92 Å². The van der Waals surface area contributed by atoms with Crippen molar-refractivity contribution >= 4 is 23.1 Å². The summed E-state index contributed by atoms with van der Waals surface area (Å²) in [6.07, 6.45) is 4.27. The third kappa shape index (κ3) is 4.83. The highest BCUT2D eigenvalue weighted by Crippen LogP contribution is 2.26. The van der Waals surface area contributed by atoms with Gasteiger partial charge in [-0.25, -0.2) is 0 Å². The quantitative estimate of drug-likeness (QED) is 0.703. The molecule has 0 saturated carbocycles. The second-order valence-electron chi connectivity index (χ2n) is 8.51. The van der Waals surface area contributed by atoms with Crippen LogP contribution >= 0.6 is 11.3 Å². The summed E-state index contributed by atoms with van der Waals surface area (Å²) in [5, 5.41) is 10.9. The zero-order valence-electron chi connectivity index (χ0n) is 18.2. The summed E-state index contributed by atoms with van der Waals surface area (Å²) >= 11 is 1.68. The first kappa shape index (κ1) is 21.2. The van der Waals surface area contributed by atoms with Crippen molar-refractivity contribution in [2.75, 3.05) is 44.2 Å². The molecule has 1 unspecified atom stereocenters. The summed E-state index contributed by atoms with van der Waals surface area (Å²) < 4.78 is 0. The number of piperidine rings is 1. The van der Waals surface area contributed by atoms with Crippen molar-refractivity contribution in [3.8, 4) is 10.6 Å². The Bertz CT molecular complexity index is 794. The number of nitrogens with zero attached hydrogens (tertiary/aromatic N) is 5. The van der Waals surface area contributed by atoms with E-state index in [0.717, 1.165) is 68.5 Å². The minimum atomic E-state index is 0.152. The molecule has 2 aromatic heterocycles. The first-order valence-corrected chi connectivity index (χ1v) is 12.2. The lowest BCUT2D eigenvalue weighted by Gasteiger charge is -2.40. The lowest BCUT2D eigenvalue weighted by atomic mass is 9.95. The SMILES string of the molecule is CCCC(C)N1CCN(C(=O)C2CCN(c3ccc(-c4cccs4)nn3)CC2)CC1. The van der Waals surface area contributed by atoms with E-state index in [1.807, 2.05) is 12.1 Å². The zero-order chi connectivity index (χ0) is 20.9. The van der Waals surface area contributed by atoms with Gasteiger partial charge in [0.15, 0.2) is 5.82 Å². The van der Waals surface area contributed by atoms with E-state index in [2.05, 4.69) is 56.3 Å². The van der Waals surface area contributed by atoms with E-state index >= 15 is 0 Å². The lowest BCUT2D eigenvalue weighted by Crippen LogP contribution is -2.53. The number of rotatable bonds is 6. The molecular formula is C23H33N5OS. The molecule has 2 aliphatic rings. The van der Waals surface area contributed by atoms with E-state index in [4.69, 9.17) is 0 Å². The number of piperazine rings is 1. The Morgan fingerprint density at radius 1 is 1.10 bits per heavy atom. The Morgan fingerprint density at radius 2 is 1.87 bits per heavy atom. The Kier molecular flexibility index (Phi) is 7.00. The van der Waals surface area contributed by atoms with Crippen molar-refractivity contribution in [2.24, 2.45) is 5.92 Å². The molecule has 0 spiro atoms. The third-order valence-corrected chi connectivity index (χ3v) is 7.44. The maximum absolute atomic E-state index is 13.0. The molecule has 4 rings (SSSR count). The van der Waals surface area contributed by atoms with Crippen LogP contribution in [0.1, 0.15) is 39.5 Å². The number of hydrogen-bond donors (Lipinski definition) is 0. The van der Waals surface area contributed by atoms with Gasteiger partial charge in [0.05, 0.1) is 4.88 Å². The Labute approximate surface area is 183 Å². The van der Waals surface area contributed by atoms with Gasteiger partial charge in [0.1, 0.15) is 5.69 Å². The Morgan fingerprint density at radius 3 is 2.47 bits per heavy atom. The van der Waals surface area contributed by atoms with Crippen LogP contribution in [0, 0.1) is 5.92 Å². The van der Waals surface area contributed by atoms with E-state index in [9.17, 15) is 4.79 Å². The standard InChI is InChI=1S/C23H33N5OS/c1-3-5-18(2)26-13-15-28(16-14-26)23(29)19-9-11-27(12-10-19)22-8-7-20(24-25-22)21-6-4-17-30-21/h4,6-8,17-19H,3,5,9-16H2,1-2H3. The molecule has 2 fully saturated rings. The highest BCUT2D eigenvalue weighted by Gasteiger charge is 2.31. The van der Waals surface area contributed by atoms with Gasteiger partial charge in [-0.3, -0.25) is 9.69 Å². The summed E-state index contributed by atoms with van der Waals surface area (Å²) in [7, 11) is 0. The van der Waals surface area contributed by atoms with Gasteiger partial charge >= 0.3 is 0 Å². The second-order valence-corrected chi connectivity index (χ2v) is 9.46. The number of carbonyl (C=O) groups is 1. The minimum Gasteiger partial charge on any atom is -0.355 e. The van der Waals surface area contributed by atoms with Crippen LogP contribution in [0.4, 0.5) is 5.82 Å². The summed E-state index contributed by atoms with van der Waals surface area (Å²) in [5.41, 5.74) is 0.922. The fourth-order valence-corrected chi connectivity index (χ4v) is 5.34. The first-order chi connectivity index (χ1) is 14.7. The number of amides is 1. The van der Waals surface area contributed by atoms with Crippen molar-refractivity contribution < 1.29 is 4.79 Å². The molecule has 4 heterocycles. The number of thiophene rings is 1. The van der Waals surface area contributed by atoms with Crippen LogP contribution in [-0.4, -0.2) is 71.2 Å². The smallest absolute Gasteiger partial charge is 0.225 e. The largest absolute Gasteiger partial charge is 0.355 e. The molecule has 1 amide bonds. The molecule has 0 bridgehead atoms. The molecule has 30 heavy (non-hydrogen) atoms. The monoisotopic (exact) mass is 427 g/mol. The maximum Gasteiger partial charge on any atom is 0.225 e. The minimum absolute atomic E-state index is 0.152. The number of carbonyl (C=O) groups excluding carboxylic acids is 1. The van der Waals surface area contributed by atoms with Crippen LogP contribution in [0.2, 0.25) is 0 Å². The number of hydrogen-bond acceptors (Lipinski definition) is 6. The molecular weight excluding hydrogens is 394 g/mol. The van der Waals surface area contributed by atoms with Crippen molar-refractivity contribution in [1.82, 2.24) is 20.0 Å². The van der Waals surface area contributed by atoms with Crippen LogP contribution in [0.25, 0.3) is 10.6 Å². The molecule has 1 atom stereocenters. The Hall–Kier alpha value is -1.99. The molecule has 0 N–H and O–H groups in total. The van der Waals surface area contributed by atoms with Gasteiger partial charge in [-0.15, -0.1) is 21.5 Å². The summed E-state index contributed by atoms with van der Waals surface area (Å²) in [5.74, 6) is 1.43. The normalized spacial score (nSPS) is 19.8. The number of anilines is 1. The van der Waals surface area contributed by atoms with Gasteiger partial charge in [-0.1, -0.05) is 19.4 Å². The Balaban J connectivity index is 1.26. The topological polar surface area (TPSA) is 52.6 Å². The summed E-state index contributed by atoms with van der Waals surface area (Å²) in [4.78, 5) is 21.1. The zero-order valence-corrected chi connectivity index (χ0v) is 19.0. The second kappa shape index (κ2) is 9.88. The molecule has 0 radical (unpaired) electrons. The predicted molar refractivity (Wildman–Crippen MR) is 123 cm³/mol. The van der Waals surface area contributed by atoms with Gasteiger partial charge in [0.2, 0.25) is 5.91 Å². The molecule has 7 heteroatoms. The fourth-order valence-electron chi connectivity index (χ4n) is 4.65. The van der Waals surface area contributed by atoms with Crippen LogP contribution in [0.3, 0.4) is 0 Å². The highest BCUT2D eigenvalue weighted by atomic mass is 32.1. The highest BCUT2D eigenvalue weighted by molar-refractivity contribution is 7.13. The molecule has 2 aromatic rings. The average Bonchev–Trinajstić information content (AvgIpc) is 3.34. The van der Waals surface area contributed by atoms with Crippen molar-refractivity contribution in [3.05, 3.63) is 29.6 Å². The van der Waals surface area contributed by atoms with Crippen molar-refractivity contribution in [3.63, 3.8) is 0 Å². The van der Waals surface area contributed by atoms with E-state index < -0.39 is 0 Å². The number of aromatic nitrogens is 2. The molecule has 162 valence electrons. The van der Waals surface area contributed by atoms with Crippen LogP contribution < -0.4 is 4.90 Å². The fraction of sp³-hybridized carbons (Fsp3) is 0.609. The average molecular weight is 428 g/mol. The molecule has 2 aliphatic heterocycles. The van der Waals surface area contributed by atoms with Gasteiger partial charge in [0.25, 0.3) is 0 Å². The van der Waals surface area contributed by atoms with Crippen LogP contribution in [-0.2, 0) is 4.79 Å². The predicted octanol–water partition coefficient (Wildman–Crippen LogP) is 3.75. The molecule has 6 nitrogen and oxygen atoms in total. The third-order valence-electron chi connectivity index (χ3n) is 6.55.